The SMILES string of the molecule is CNC(CC(=O)O)C(=O)NC(CCCCNC(=O)CCCOc1cc([N+](=O)[O-])c(C(C)OC(=O)CCCN)cc1OC)C(N)=O. The summed E-state index contributed by atoms with van der Waals surface area (Å²) in [4.78, 5) is 70.2. The van der Waals surface area contributed by atoms with Crippen LogP contribution in [-0.4, -0.2) is 85.6 Å². The third kappa shape index (κ3) is 14.2. The summed E-state index contributed by atoms with van der Waals surface area (Å²) in [5, 5.41) is 28.4. The van der Waals surface area contributed by atoms with Gasteiger partial charge >= 0.3 is 11.9 Å². The summed E-state index contributed by atoms with van der Waals surface area (Å²) in [5.41, 5.74) is 10.6. The highest BCUT2D eigenvalue weighted by molar-refractivity contribution is 5.91. The Morgan fingerprint density at radius 3 is 2.33 bits per heavy atom. The van der Waals surface area contributed by atoms with Crippen LogP contribution >= 0.6 is 0 Å². The molecule has 45 heavy (non-hydrogen) atoms. The Hall–Kier alpha value is -4.51. The predicted molar refractivity (Wildman–Crippen MR) is 160 cm³/mol. The van der Waals surface area contributed by atoms with Crippen LogP contribution in [-0.2, 0) is 28.7 Å². The van der Waals surface area contributed by atoms with Crippen molar-refractivity contribution in [2.75, 3.05) is 33.9 Å². The van der Waals surface area contributed by atoms with E-state index in [9.17, 15) is 34.1 Å². The molecule has 1 rings (SSSR count). The Balaban J connectivity index is 2.55. The van der Waals surface area contributed by atoms with E-state index >= 15 is 0 Å². The minimum absolute atomic E-state index is 0.0549. The molecule has 1 aromatic rings. The number of ether oxygens (including phenoxy) is 3. The molecule has 0 aliphatic rings. The fourth-order valence-electron chi connectivity index (χ4n) is 4.15. The lowest BCUT2D eigenvalue weighted by molar-refractivity contribution is -0.386. The van der Waals surface area contributed by atoms with Crippen LogP contribution in [0.15, 0.2) is 12.1 Å². The maximum Gasteiger partial charge on any atom is 0.306 e. The number of esters is 1. The number of nitro groups is 1. The molecule has 0 spiro atoms. The van der Waals surface area contributed by atoms with Gasteiger partial charge in [-0.3, -0.25) is 34.1 Å². The average molecular weight is 641 g/mol. The van der Waals surface area contributed by atoms with Gasteiger partial charge in [-0.2, -0.15) is 0 Å². The van der Waals surface area contributed by atoms with Gasteiger partial charge in [0.2, 0.25) is 17.7 Å². The number of nitrogens with two attached hydrogens (primary N) is 2. The van der Waals surface area contributed by atoms with Gasteiger partial charge in [-0.25, -0.2) is 0 Å². The lowest BCUT2D eigenvalue weighted by atomic mass is 10.1. The first-order valence-corrected chi connectivity index (χ1v) is 14.5. The Morgan fingerprint density at radius 2 is 1.76 bits per heavy atom. The minimum atomic E-state index is -1.18. The quantitative estimate of drug-likeness (QED) is 0.0410. The fourth-order valence-corrected chi connectivity index (χ4v) is 4.15. The summed E-state index contributed by atoms with van der Waals surface area (Å²) in [6.45, 7) is 2.18. The van der Waals surface area contributed by atoms with Crippen LogP contribution in [0.3, 0.4) is 0 Å². The van der Waals surface area contributed by atoms with E-state index in [0.717, 1.165) is 0 Å². The van der Waals surface area contributed by atoms with E-state index in [-0.39, 0.29) is 54.5 Å². The van der Waals surface area contributed by atoms with E-state index in [1.165, 1.54) is 33.2 Å². The Morgan fingerprint density at radius 1 is 1.04 bits per heavy atom. The lowest BCUT2D eigenvalue weighted by Crippen LogP contribution is -2.51. The third-order valence-corrected chi connectivity index (χ3v) is 6.59. The second-order valence-corrected chi connectivity index (χ2v) is 10.0. The van der Waals surface area contributed by atoms with Gasteiger partial charge in [-0.15, -0.1) is 0 Å². The topological polar surface area (TPSA) is 265 Å². The summed E-state index contributed by atoms with van der Waals surface area (Å²) in [6, 6.07) is 0.557. The fraction of sp³-hybridized carbons (Fsp3) is 0.607. The summed E-state index contributed by atoms with van der Waals surface area (Å²) < 4.78 is 16.3. The number of nitrogens with one attached hydrogen (secondary N) is 3. The molecule has 3 atom stereocenters. The van der Waals surface area contributed by atoms with E-state index in [2.05, 4.69) is 16.0 Å². The second-order valence-electron chi connectivity index (χ2n) is 10.0. The van der Waals surface area contributed by atoms with Crippen LogP contribution < -0.4 is 36.9 Å². The van der Waals surface area contributed by atoms with Crippen molar-refractivity contribution in [3.8, 4) is 11.5 Å². The molecule has 3 unspecified atom stereocenters. The number of nitrogens with zero attached hydrogens (tertiary/aromatic N) is 1. The number of carbonyl (C=O) groups is 5. The second kappa shape index (κ2) is 20.4. The number of hydrogen-bond donors (Lipinski definition) is 6. The van der Waals surface area contributed by atoms with Gasteiger partial charge in [0.05, 0.1) is 42.7 Å². The standard InChI is InChI=1S/C28H44N6O11/c1-17(45-26(38)10-6-11-29)18-14-22(43-3)23(16-21(18)34(41)42)44-13-7-9-24(35)32-12-5-4-8-19(27(30)39)33-28(40)20(31-2)15-25(36)37/h14,16-17,19-20,31H,4-13,15,29H2,1-3H3,(H2,30,39)(H,32,35)(H,33,40)(H,36,37). The summed E-state index contributed by atoms with van der Waals surface area (Å²) in [5.74, 6) is -3.10. The van der Waals surface area contributed by atoms with Gasteiger partial charge < -0.3 is 46.7 Å². The van der Waals surface area contributed by atoms with Crippen molar-refractivity contribution < 1.29 is 48.2 Å². The van der Waals surface area contributed by atoms with Gasteiger partial charge in [-0.1, -0.05) is 0 Å². The number of methoxy groups -OCH3 is 1. The van der Waals surface area contributed by atoms with Crippen molar-refractivity contribution >= 4 is 35.3 Å². The first-order valence-electron chi connectivity index (χ1n) is 14.5. The Kier molecular flexibility index (Phi) is 17.5. The van der Waals surface area contributed by atoms with Gasteiger partial charge in [0.1, 0.15) is 12.1 Å². The normalized spacial score (nSPS) is 12.7. The predicted octanol–water partition coefficient (Wildman–Crippen LogP) is 0.425. The molecule has 17 nitrogen and oxygen atoms in total. The van der Waals surface area contributed by atoms with Crippen molar-refractivity contribution in [2.45, 2.75) is 76.5 Å². The molecule has 252 valence electrons. The molecule has 0 fully saturated rings. The summed E-state index contributed by atoms with van der Waals surface area (Å²) in [6.07, 6.45) is 0.668. The van der Waals surface area contributed by atoms with Crippen LogP contribution in [0.1, 0.15) is 70.0 Å². The molecule has 1 aromatic carbocycles. The largest absolute Gasteiger partial charge is 0.493 e. The number of nitro benzene ring substituents is 1. The number of likely N-dealkylation sites (N-methyl/N-ethyl adjacent to an activating group) is 1. The molecular weight excluding hydrogens is 596 g/mol. The zero-order valence-corrected chi connectivity index (χ0v) is 25.8. The average Bonchev–Trinajstić information content (AvgIpc) is 2.99. The lowest BCUT2D eigenvalue weighted by Gasteiger charge is -2.19. The molecule has 0 saturated carbocycles. The smallest absolute Gasteiger partial charge is 0.306 e. The van der Waals surface area contributed by atoms with Gasteiger partial charge in [0.25, 0.3) is 5.69 Å². The third-order valence-electron chi connectivity index (χ3n) is 6.59. The number of hydrogen-bond acceptors (Lipinski definition) is 12. The number of carboxylic acids is 1. The van der Waals surface area contributed by atoms with Gasteiger partial charge in [0, 0.05) is 19.4 Å². The maximum atomic E-state index is 12.2. The molecule has 8 N–H and O–H groups in total. The molecule has 0 radical (unpaired) electrons. The number of amides is 3. The van der Waals surface area contributed by atoms with Crippen molar-refractivity contribution in [1.82, 2.24) is 16.0 Å². The monoisotopic (exact) mass is 640 g/mol. The Bertz CT molecular complexity index is 1180. The van der Waals surface area contributed by atoms with Crippen LogP contribution in [0, 0.1) is 10.1 Å². The first kappa shape index (κ1) is 38.5. The van der Waals surface area contributed by atoms with Crippen LogP contribution in [0.25, 0.3) is 0 Å². The number of carbonyl (C=O) groups excluding carboxylic acids is 4. The van der Waals surface area contributed by atoms with Crippen LogP contribution in [0.4, 0.5) is 5.69 Å². The van der Waals surface area contributed by atoms with Crippen molar-refractivity contribution in [3.05, 3.63) is 27.8 Å². The van der Waals surface area contributed by atoms with E-state index in [1.807, 2.05) is 0 Å². The summed E-state index contributed by atoms with van der Waals surface area (Å²) >= 11 is 0. The molecule has 0 aromatic heterocycles. The molecular formula is C28H44N6O11. The molecule has 0 heterocycles. The van der Waals surface area contributed by atoms with E-state index in [1.54, 1.807) is 0 Å². The molecule has 17 heteroatoms. The van der Waals surface area contributed by atoms with Crippen molar-refractivity contribution in [1.29, 1.82) is 0 Å². The first-order chi connectivity index (χ1) is 21.3. The van der Waals surface area contributed by atoms with Crippen molar-refractivity contribution in [2.24, 2.45) is 11.5 Å². The highest BCUT2D eigenvalue weighted by Gasteiger charge is 2.27. The van der Waals surface area contributed by atoms with E-state index in [4.69, 9.17) is 30.8 Å². The number of benzene rings is 1. The van der Waals surface area contributed by atoms with E-state index < -0.39 is 53.3 Å². The molecule has 0 aliphatic heterocycles. The zero-order valence-electron chi connectivity index (χ0n) is 25.8. The maximum absolute atomic E-state index is 12.2. The minimum Gasteiger partial charge on any atom is -0.493 e. The number of rotatable bonds is 23. The zero-order chi connectivity index (χ0) is 33.9. The number of carboxylic acid groups (broad SMARTS) is 1. The molecule has 3 amide bonds. The van der Waals surface area contributed by atoms with Crippen LogP contribution in [0.2, 0.25) is 0 Å². The number of primary amides is 1. The molecule has 0 aliphatic carbocycles. The van der Waals surface area contributed by atoms with Crippen molar-refractivity contribution in [3.63, 3.8) is 0 Å². The van der Waals surface area contributed by atoms with Gasteiger partial charge in [-0.05, 0) is 58.7 Å². The highest BCUT2D eigenvalue weighted by Crippen LogP contribution is 2.38. The molecule has 0 bridgehead atoms. The van der Waals surface area contributed by atoms with E-state index in [0.29, 0.717) is 38.8 Å². The number of unbranched alkanes of at least 4 members (excludes halogenated alkanes) is 1. The summed E-state index contributed by atoms with van der Waals surface area (Å²) in [7, 11) is 2.79. The Labute approximate surface area is 260 Å². The number of aliphatic carboxylic acids is 1. The van der Waals surface area contributed by atoms with Crippen LogP contribution in [0.5, 0.6) is 11.5 Å². The molecule has 0 saturated heterocycles. The van der Waals surface area contributed by atoms with Gasteiger partial charge in [0.15, 0.2) is 11.5 Å². The highest BCUT2D eigenvalue weighted by atomic mass is 16.6.